The number of anilines is 1. The number of aromatic nitrogens is 2. The van der Waals surface area contributed by atoms with Gasteiger partial charge in [0.05, 0.1) is 18.3 Å². The summed E-state index contributed by atoms with van der Waals surface area (Å²) in [6, 6.07) is 5.16. The second-order valence-electron chi connectivity index (χ2n) is 5.44. The molecule has 3 rings (SSSR count). The number of carbonyl (C=O) groups excluding carboxylic acids is 1. The van der Waals surface area contributed by atoms with Crippen molar-refractivity contribution in [3.8, 4) is 5.88 Å². The lowest BCUT2D eigenvalue weighted by molar-refractivity contribution is 0.195. The summed E-state index contributed by atoms with van der Waals surface area (Å²) in [4.78, 5) is 18.5. The van der Waals surface area contributed by atoms with Gasteiger partial charge in [-0.3, -0.25) is 0 Å². The van der Waals surface area contributed by atoms with Gasteiger partial charge in [0.15, 0.2) is 5.76 Å². The average molecular weight is 316 g/mol. The summed E-state index contributed by atoms with van der Waals surface area (Å²) >= 11 is 0. The van der Waals surface area contributed by atoms with Crippen LogP contribution < -0.4 is 10.1 Å². The zero-order valence-electron chi connectivity index (χ0n) is 13.3. The van der Waals surface area contributed by atoms with E-state index < -0.39 is 0 Å². The highest BCUT2D eigenvalue weighted by Gasteiger charge is 2.33. The fourth-order valence-corrected chi connectivity index (χ4v) is 2.77. The Morgan fingerprint density at radius 1 is 1.57 bits per heavy atom. The summed E-state index contributed by atoms with van der Waals surface area (Å²) < 4.78 is 10.8. The number of urea groups is 1. The van der Waals surface area contributed by atoms with E-state index in [2.05, 4.69) is 15.5 Å². The lowest BCUT2D eigenvalue weighted by Gasteiger charge is -2.23. The third-order valence-corrected chi connectivity index (χ3v) is 3.78. The Balaban J connectivity index is 1.75. The van der Waals surface area contributed by atoms with E-state index in [0.29, 0.717) is 24.7 Å². The summed E-state index contributed by atoms with van der Waals surface area (Å²) in [6.07, 6.45) is 3.44. The van der Waals surface area contributed by atoms with Crippen molar-refractivity contribution in [1.29, 1.82) is 0 Å². The minimum Gasteiger partial charge on any atom is -0.476 e. The van der Waals surface area contributed by atoms with Crippen LogP contribution in [0.3, 0.4) is 0 Å². The van der Waals surface area contributed by atoms with Crippen LogP contribution in [0.5, 0.6) is 5.88 Å². The standard InChI is InChI=1S/C16H20N4O3/c1-3-22-15-12(6-4-8-17-15)18-16(21)20-9-5-7-13(20)14-10-11(2)19-23-14/h4,6,8,10,13H,3,5,7,9H2,1-2H3,(H,18,21)/t13-/m1/s1. The second-order valence-corrected chi connectivity index (χ2v) is 5.44. The molecule has 1 N–H and O–H groups in total. The third kappa shape index (κ3) is 3.28. The molecule has 1 saturated heterocycles. The zero-order valence-corrected chi connectivity index (χ0v) is 13.3. The van der Waals surface area contributed by atoms with Crippen LogP contribution in [0.2, 0.25) is 0 Å². The van der Waals surface area contributed by atoms with Gasteiger partial charge in [-0.1, -0.05) is 5.16 Å². The fraction of sp³-hybridized carbons (Fsp3) is 0.438. The summed E-state index contributed by atoms with van der Waals surface area (Å²) in [5.74, 6) is 1.15. The molecule has 122 valence electrons. The van der Waals surface area contributed by atoms with E-state index in [0.717, 1.165) is 24.3 Å². The van der Waals surface area contributed by atoms with Gasteiger partial charge in [0.25, 0.3) is 0 Å². The van der Waals surface area contributed by atoms with Gasteiger partial charge < -0.3 is 19.5 Å². The topological polar surface area (TPSA) is 80.5 Å². The lowest BCUT2D eigenvalue weighted by atomic mass is 10.1. The third-order valence-electron chi connectivity index (χ3n) is 3.78. The highest BCUT2D eigenvalue weighted by atomic mass is 16.5. The monoisotopic (exact) mass is 316 g/mol. The minimum atomic E-state index is -0.185. The predicted molar refractivity (Wildman–Crippen MR) is 84.3 cm³/mol. The molecule has 7 nitrogen and oxygen atoms in total. The average Bonchev–Trinajstić information content (AvgIpc) is 3.18. The number of amides is 2. The zero-order chi connectivity index (χ0) is 16.2. The Labute approximate surface area is 134 Å². The Morgan fingerprint density at radius 2 is 2.43 bits per heavy atom. The maximum Gasteiger partial charge on any atom is 0.322 e. The van der Waals surface area contributed by atoms with Crippen molar-refractivity contribution in [2.75, 3.05) is 18.5 Å². The first-order valence-corrected chi connectivity index (χ1v) is 7.77. The van der Waals surface area contributed by atoms with Crippen molar-refractivity contribution in [2.45, 2.75) is 32.7 Å². The number of carbonyl (C=O) groups is 1. The molecule has 1 atom stereocenters. The largest absolute Gasteiger partial charge is 0.476 e. The summed E-state index contributed by atoms with van der Waals surface area (Å²) in [6.45, 7) is 4.92. The smallest absolute Gasteiger partial charge is 0.322 e. The van der Waals surface area contributed by atoms with Crippen LogP contribution >= 0.6 is 0 Å². The Morgan fingerprint density at radius 3 is 3.17 bits per heavy atom. The molecule has 23 heavy (non-hydrogen) atoms. The molecule has 0 bridgehead atoms. The summed E-state index contributed by atoms with van der Waals surface area (Å²) in [7, 11) is 0. The van der Waals surface area contributed by atoms with Crippen LogP contribution in [0.25, 0.3) is 0 Å². The van der Waals surface area contributed by atoms with Gasteiger partial charge in [0, 0.05) is 18.8 Å². The van der Waals surface area contributed by atoms with Crippen LogP contribution in [0.1, 0.15) is 37.3 Å². The molecule has 0 saturated carbocycles. The molecule has 0 unspecified atom stereocenters. The molecule has 0 spiro atoms. The van der Waals surface area contributed by atoms with Crippen molar-refractivity contribution in [2.24, 2.45) is 0 Å². The molecule has 1 aliphatic rings. The fourth-order valence-electron chi connectivity index (χ4n) is 2.77. The molecule has 0 radical (unpaired) electrons. The molecule has 2 aromatic rings. The van der Waals surface area contributed by atoms with Crippen molar-refractivity contribution < 1.29 is 14.1 Å². The second kappa shape index (κ2) is 6.68. The first-order chi connectivity index (χ1) is 11.2. The van der Waals surface area contributed by atoms with Crippen LogP contribution in [0, 0.1) is 6.92 Å². The van der Waals surface area contributed by atoms with E-state index in [-0.39, 0.29) is 12.1 Å². The number of nitrogens with one attached hydrogen (secondary N) is 1. The van der Waals surface area contributed by atoms with E-state index in [1.165, 1.54) is 0 Å². The van der Waals surface area contributed by atoms with Crippen molar-refractivity contribution >= 4 is 11.7 Å². The highest BCUT2D eigenvalue weighted by Crippen LogP contribution is 2.33. The molecule has 0 aliphatic carbocycles. The van der Waals surface area contributed by atoms with Gasteiger partial charge in [0.2, 0.25) is 5.88 Å². The van der Waals surface area contributed by atoms with E-state index in [4.69, 9.17) is 9.26 Å². The number of nitrogens with zero attached hydrogens (tertiary/aromatic N) is 3. The van der Waals surface area contributed by atoms with Gasteiger partial charge in [-0.05, 0) is 38.8 Å². The van der Waals surface area contributed by atoms with Gasteiger partial charge in [0.1, 0.15) is 5.69 Å². The van der Waals surface area contributed by atoms with E-state index in [1.54, 1.807) is 23.2 Å². The van der Waals surface area contributed by atoms with Crippen LogP contribution in [-0.2, 0) is 0 Å². The molecule has 0 aromatic carbocycles. The number of pyridine rings is 1. The first kappa shape index (κ1) is 15.3. The molecule has 7 heteroatoms. The summed E-state index contributed by atoms with van der Waals surface area (Å²) in [5.41, 5.74) is 1.39. The molecule has 1 fully saturated rings. The van der Waals surface area contributed by atoms with Crippen LogP contribution in [-0.4, -0.2) is 34.2 Å². The van der Waals surface area contributed by atoms with E-state index >= 15 is 0 Å². The van der Waals surface area contributed by atoms with Gasteiger partial charge >= 0.3 is 6.03 Å². The Bertz CT molecular complexity index is 685. The van der Waals surface area contributed by atoms with Crippen molar-refractivity contribution in [3.63, 3.8) is 0 Å². The molecule has 1 aliphatic heterocycles. The maximum atomic E-state index is 12.6. The van der Waals surface area contributed by atoms with Crippen molar-refractivity contribution in [3.05, 3.63) is 35.9 Å². The normalized spacial score (nSPS) is 17.3. The highest BCUT2D eigenvalue weighted by molar-refractivity contribution is 5.91. The molecule has 2 amide bonds. The summed E-state index contributed by atoms with van der Waals surface area (Å²) in [5, 5.41) is 6.80. The van der Waals surface area contributed by atoms with Crippen LogP contribution in [0.15, 0.2) is 28.9 Å². The number of likely N-dealkylation sites (tertiary alicyclic amines) is 1. The first-order valence-electron chi connectivity index (χ1n) is 7.77. The molecular weight excluding hydrogens is 296 g/mol. The van der Waals surface area contributed by atoms with Crippen molar-refractivity contribution in [1.82, 2.24) is 15.0 Å². The molecular formula is C16H20N4O3. The Kier molecular flexibility index (Phi) is 4.45. The van der Waals surface area contributed by atoms with Crippen LogP contribution in [0.4, 0.5) is 10.5 Å². The van der Waals surface area contributed by atoms with Gasteiger partial charge in [-0.25, -0.2) is 9.78 Å². The van der Waals surface area contributed by atoms with Gasteiger partial charge in [-0.2, -0.15) is 0 Å². The predicted octanol–water partition coefficient (Wildman–Crippen LogP) is 3.15. The quantitative estimate of drug-likeness (QED) is 0.937. The maximum absolute atomic E-state index is 12.6. The SMILES string of the molecule is CCOc1ncccc1NC(=O)N1CCC[C@@H]1c1cc(C)no1. The molecule has 3 heterocycles. The number of hydrogen-bond acceptors (Lipinski definition) is 5. The van der Waals surface area contributed by atoms with E-state index in [1.807, 2.05) is 19.9 Å². The minimum absolute atomic E-state index is 0.0802. The van der Waals surface area contributed by atoms with E-state index in [9.17, 15) is 4.79 Å². The lowest BCUT2D eigenvalue weighted by Crippen LogP contribution is -2.34. The van der Waals surface area contributed by atoms with Gasteiger partial charge in [-0.15, -0.1) is 0 Å². The molecule has 2 aromatic heterocycles. The number of aryl methyl sites for hydroxylation is 1. The number of ether oxygens (including phenoxy) is 1. The number of rotatable bonds is 4. The number of hydrogen-bond donors (Lipinski definition) is 1. The Hall–Kier alpha value is -2.57.